The second-order valence-electron chi connectivity index (χ2n) is 5.72. The highest BCUT2D eigenvalue weighted by Gasteiger charge is 2.11. The number of methoxy groups -OCH3 is 1. The molecule has 1 aromatic carbocycles. The lowest BCUT2D eigenvalue weighted by atomic mass is 10.2. The van der Waals surface area contributed by atoms with Crippen LogP contribution in [0.15, 0.2) is 59.0 Å². The molecule has 0 radical (unpaired) electrons. The number of rotatable bonds is 6. The Balaban J connectivity index is 1.72. The zero-order chi connectivity index (χ0) is 20.8. The third kappa shape index (κ3) is 5.12. The van der Waals surface area contributed by atoms with Crippen molar-refractivity contribution >= 4 is 23.3 Å². The van der Waals surface area contributed by atoms with Crippen molar-refractivity contribution in [3.8, 4) is 17.0 Å². The number of hydrogen-bond donors (Lipinski definition) is 1. The topological polar surface area (TPSA) is 112 Å². The zero-order valence-electron chi connectivity index (χ0n) is 15.5. The van der Waals surface area contributed by atoms with Gasteiger partial charge in [0.25, 0.3) is 5.91 Å². The Kier molecular flexibility index (Phi) is 6.47. The fraction of sp³-hybridized carbons (Fsp3) is 0.105. The second-order valence-corrected chi connectivity index (χ2v) is 7.04. The van der Waals surface area contributed by atoms with Gasteiger partial charge < -0.3 is 9.29 Å². The van der Waals surface area contributed by atoms with Gasteiger partial charge in [-0.2, -0.15) is 5.10 Å². The van der Waals surface area contributed by atoms with Crippen molar-refractivity contribution in [2.24, 2.45) is 5.10 Å². The lowest BCUT2D eigenvalue weighted by Gasteiger charge is -2.05. The monoisotopic (exact) mass is 413 g/mol. The maximum absolute atomic E-state index is 13.8. The molecule has 0 spiro atoms. The summed E-state index contributed by atoms with van der Waals surface area (Å²) >= 11 is -1.19. The molecule has 148 valence electrons. The first kappa shape index (κ1) is 20.4. The van der Waals surface area contributed by atoms with Gasteiger partial charge in [0.1, 0.15) is 23.5 Å². The molecule has 1 N–H and O–H groups in total. The van der Waals surface area contributed by atoms with E-state index in [4.69, 9.17) is 4.74 Å². The Morgan fingerprint density at radius 3 is 2.79 bits per heavy atom. The molecule has 0 saturated carbocycles. The highest BCUT2D eigenvalue weighted by Crippen LogP contribution is 2.17. The number of aromatic nitrogens is 3. The van der Waals surface area contributed by atoms with Crippen LogP contribution in [0.4, 0.5) is 4.39 Å². The number of hydrogen-bond acceptors (Lipinski definition) is 7. The van der Waals surface area contributed by atoms with E-state index in [2.05, 4.69) is 25.5 Å². The number of ether oxygens (including phenoxy) is 1. The van der Waals surface area contributed by atoms with Crippen LogP contribution in [0, 0.1) is 5.82 Å². The summed E-state index contributed by atoms with van der Waals surface area (Å²) in [5.41, 5.74) is 3.49. The number of carbonyl (C=O) groups excluding carboxylic acids is 1. The van der Waals surface area contributed by atoms with Gasteiger partial charge in [-0.3, -0.25) is 9.78 Å². The lowest BCUT2D eigenvalue weighted by Crippen LogP contribution is -2.19. The van der Waals surface area contributed by atoms with E-state index in [0.29, 0.717) is 22.0 Å². The summed E-state index contributed by atoms with van der Waals surface area (Å²) in [6.45, 7) is 0. The number of carbonyl (C=O) groups is 1. The number of amides is 1. The van der Waals surface area contributed by atoms with Gasteiger partial charge >= 0.3 is 0 Å². The molecule has 0 aliphatic carbocycles. The predicted molar refractivity (Wildman–Crippen MR) is 106 cm³/mol. The molecule has 0 fully saturated rings. The highest BCUT2D eigenvalue weighted by atomic mass is 32.2. The van der Waals surface area contributed by atoms with Gasteiger partial charge in [0.15, 0.2) is 0 Å². The lowest BCUT2D eigenvalue weighted by molar-refractivity contribution is 0.0950. The summed E-state index contributed by atoms with van der Waals surface area (Å²) in [6.07, 6.45) is 6.96. The first-order valence-corrected chi connectivity index (χ1v) is 9.82. The van der Waals surface area contributed by atoms with Crippen LogP contribution >= 0.6 is 0 Å². The number of hydrazone groups is 1. The van der Waals surface area contributed by atoms with Crippen LogP contribution in [0.2, 0.25) is 0 Å². The van der Waals surface area contributed by atoms with Crippen molar-refractivity contribution in [3.05, 3.63) is 66.0 Å². The third-order valence-electron chi connectivity index (χ3n) is 3.77. The molecule has 1 atom stereocenters. The SMILES string of the molecule is COc1ccc(F)c(/C=N/NC(=O)c2cncc(-c3ccc([S+](C)[O-])nc3)n2)c1. The van der Waals surface area contributed by atoms with Gasteiger partial charge in [-0.05, 0) is 24.3 Å². The Morgan fingerprint density at radius 2 is 2.10 bits per heavy atom. The highest BCUT2D eigenvalue weighted by molar-refractivity contribution is 7.90. The van der Waals surface area contributed by atoms with E-state index < -0.39 is 22.9 Å². The van der Waals surface area contributed by atoms with Crippen LogP contribution in [0.25, 0.3) is 11.3 Å². The molecule has 0 aliphatic heterocycles. The third-order valence-corrected chi connectivity index (χ3v) is 4.60. The van der Waals surface area contributed by atoms with Crippen LogP contribution in [0.5, 0.6) is 5.75 Å². The van der Waals surface area contributed by atoms with E-state index in [1.165, 1.54) is 56.4 Å². The normalized spacial score (nSPS) is 12.0. The molecular weight excluding hydrogens is 397 g/mol. The summed E-state index contributed by atoms with van der Waals surface area (Å²) in [5, 5.41) is 4.19. The van der Waals surface area contributed by atoms with Gasteiger partial charge in [-0.25, -0.2) is 19.8 Å². The van der Waals surface area contributed by atoms with Crippen LogP contribution in [-0.4, -0.2) is 45.0 Å². The first-order valence-electron chi connectivity index (χ1n) is 8.27. The Bertz CT molecular complexity index is 1040. The van der Waals surface area contributed by atoms with E-state index in [0.717, 1.165) is 0 Å². The fourth-order valence-electron chi connectivity index (χ4n) is 2.28. The van der Waals surface area contributed by atoms with Gasteiger partial charge in [0.2, 0.25) is 5.03 Å². The van der Waals surface area contributed by atoms with Gasteiger partial charge in [0.05, 0.1) is 31.4 Å². The van der Waals surface area contributed by atoms with Crippen molar-refractivity contribution in [1.29, 1.82) is 0 Å². The quantitative estimate of drug-likeness (QED) is 0.377. The number of pyridine rings is 1. The smallest absolute Gasteiger partial charge is 0.291 e. The molecule has 0 bridgehead atoms. The van der Waals surface area contributed by atoms with E-state index in [-0.39, 0.29) is 11.3 Å². The van der Waals surface area contributed by atoms with Crippen LogP contribution in [0.3, 0.4) is 0 Å². The van der Waals surface area contributed by atoms with Crippen molar-refractivity contribution in [1.82, 2.24) is 20.4 Å². The van der Waals surface area contributed by atoms with E-state index in [1.807, 2.05) is 0 Å². The molecule has 10 heteroatoms. The van der Waals surface area contributed by atoms with Crippen LogP contribution in [0.1, 0.15) is 16.1 Å². The minimum Gasteiger partial charge on any atom is -0.610 e. The molecule has 2 heterocycles. The van der Waals surface area contributed by atoms with Crippen LogP contribution in [-0.2, 0) is 11.2 Å². The molecule has 29 heavy (non-hydrogen) atoms. The number of nitrogens with zero attached hydrogens (tertiary/aromatic N) is 4. The first-order chi connectivity index (χ1) is 14.0. The van der Waals surface area contributed by atoms with Crippen molar-refractivity contribution < 1.29 is 18.5 Å². The molecule has 3 aromatic rings. The molecule has 1 amide bonds. The minimum atomic E-state index is -1.19. The summed E-state index contributed by atoms with van der Waals surface area (Å²) in [4.78, 5) is 24.6. The van der Waals surface area contributed by atoms with E-state index >= 15 is 0 Å². The average molecular weight is 413 g/mol. The molecule has 0 saturated heterocycles. The van der Waals surface area contributed by atoms with Crippen LogP contribution < -0.4 is 10.2 Å². The summed E-state index contributed by atoms with van der Waals surface area (Å²) in [5.74, 6) is -0.656. The van der Waals surface area contributed by atoms with Gasteiger partial charge in [0, 0.05) is 34.6 Å². The number of halogens is 1. The molecular formula is C19H16FN5O3S. The molecule has 2 aromatic heterocycles. The minimum absolute atomic E-state index is 0.0221. The summed E-state index contributed by atoms with van der Waals surface area (Å²) in [6, 6.07) is 7.48. The van der Waals surface area contributed by atoms with Crippen molar-refractivity contribution in [2.75, 3.05) is 13.4 Å². The average Bonchev–Trinajstić information content (AvgIpc) is 2.75. The van der Waals surface area contributed by atoms with Crippen molar-refractivity contribution in [2.45, 2.75) is 5.03 Å². The molecule has 0 aliphatic rings. The second kappa shape index (κ2) is 9.22. The maximum Gasteiger partial charge on any atom is 0.291 e. The fourth-order valence-corrected chi connectivity index (χ4v) is 2.74. The number of benzene rings is 1. The van der Waals surface area contributed by atoms with E-state index in [1.54, 1.807) is 12.1 Å². The Hall–Kier alpha value is -3.37. The van der Waals surface area contributed by atoms with Gasteiger partial charge in [-0.15, -0.1) is 0 Å². The van der Waals surface area contributed by atoms with E-state index in [9.17, 15) is 13.7 Å². The van der Waals surface area contributed by atoms with Crippen molar-refractivity contribution in [3.63, 3.8) is 0 Å². The standard InChI is InChI=1S/C19H16FN5O3S/c1-28-14-4-5-15(20)13(7-14)9-23-25-19(26)17-11-21-10-16(24-17)12-3-6-18(22-8-12)29(2)27/h3-11H,1-2H3,(H,25,26)/b23-9+. The zero-order valence-corrected chi connectivity index (χ0v) is 16.3. The summed E-state index contributed by atoms with van der Waals surface area (Å²) in [7, 11) is 1.46. The largest absolute Gasteiger partial charge is 0.610 e. The summed E-state index contributed by atoms with van der Waals surface area (Å²) < 4.78 is 30.2. The molecule has 8 nitrogen and oxygen atoms in total. The van der Waals surface area contributed by atoms with Gasteiger partial charge in [-0.1, -0.05) is 0 Å². The molecule has 3 rings (SSSR count). The number of nitrogens with one attached hydrogen (secondary N) is 1. The maximum atomic E-state index is 13.8. The predicted octanol–water partition coefficient (Wildman–Crippen LogP) is 2.19. The molecule has 1 unspecified atom stereocenters. The Morgan fingerprint density at radius 1 is 1.28 bits per heavy atom. The Labute approximate surface area is 169 Å².